The first kappa shape index (κ1) is 11.7. The lowest BCUT2D eigenvalue weighted by molar-refractivity contribution is -0.121. The molecule has 2 heterocycles. The van der Waals surface area contributed by atoms with Crippen LogP contribution in [0.4, 0.5) is 11.5 Å². The minimum Gasteiger partial charge on any atom is -0.480 e. The lowest BCUT2D eigenvalue weighted by atomic mass is 10.1. The molecule has 0 bridgehead atoms. The zero-order valence-electron chi connectivity index (χ0n) is 10.1. The number of hydrogen-bond donors (Lipinski definition) is 1. The SMILES string of the molecule is CC(C)CCN1C(=O)COc2cc(N)cnc21. The lowest BCUT2D eigenvalue weighted by Gasteiger charge is -2.28. The van der Waals surface area contributed by atoms with Crippen molar-refractivity contribution in [3.8, 4) is 5.75 Å². The van der Waals surface area contributed by atoms with Gasteiger partial charge in [-0.3, -0.25) is 9.69 Å². The molecule has 17 heavy (non-hydrogen) atoms. The molecule has 1 aromatic heterocycles. The highest BCUT2D eigenvalue weighted by Crippen LogP contribution is 2.31. The van der Waals surface area contributed by atoms with Crippen LogP contribution < -0.4 is 15.4 Å². The molecule has 2 N–H and O–H groups in total. The molecule has 1 amide bonds. The van der Waals surface area contributed by atoms with Gasteiger partial charge in [0.05, 0.1) is 11.9 Å². The molecule has 0 saturated carbocycles. The van der Waals surface area contributed by atoms with E-state index in [-0.39, 0.29) is 12.5 Å². The normalized spacial score (nSPS) is 14.8. The average Bonchev–Trinajstić information content (AvgIpc) is 2.27. The Morgan fingerprint density at radius 2 is 2.35 bits per heavy atom. The number of carbonyl (C=O) groups excluding carboxylic acids is 1. The van der Waals surface area contributed by atoms with E-state index in [0.29, 0.717) is 29.7 Å². The van der Waals surface area contributed by atoms with E-state index in [0.717, 1.165) is 6.42 Å². The molecule has 0 aromatic carbocycles. The number of rotatable bonds is 3. The number of amides is 1. The summed E-state index contributed by atoms with van der Waals surface area (Å²) in [7, 11) is 0. The number of nitrogens with zero attached hydrogens (tertiary/aromatic N) is 2. The van der Waals surface area contributed by atoms with Crippen molar-refractivity contribution >= 4 is 17.4 Å². The zero-order valence-corrected chi connectivity index (χ0v) is 10.1. The maximum Gasteiger partial charge on any atom is 0.266 e. The van der Waals surface area contributed by atoms with Crippen molar-refractivity contribution < 1.29 is 9.53 Å². The number of ether oxygens (including phenoxy) is 1. The molecule has 0 atom stereocenters. The molecule has 0 saturated heterocycles. The number of pyridine rings is 1. The van der Waals surface area contributed by atoms with Crippen LogP contribution in [0.25, 0.3) is 0 Å². The molecule has 1 aromatic rings. The first-order valence-corrected chi connectivity index (χ1v) is 5.76. The predicted molar refractivity (Wildman–Crippen MR) is 66.0 cm³/mol. The van der Waals surface area contributed by atoms with E-state index in [1.54, 1.807) is 17.2 Å². The first-order chi connectivity index (χ1) is 8.08. The minimum atomic E-state index is -0.0459. The maximum atomic E-state index is 11.8. The summed E-state index contributed by atoms with van der Waals surface area (Å²) in [6, 6.07) is 1.71. The third-order valence-corrected chi connectivity index (χ3v) is 2.69. The second kappa shape index (κ2) is 4.61. The van der Waals surface area contributed by atoms with E-state index < -0.39 is 0 Å². The van der Waals surface area contributed by atoms with Gasteiger partial charge in [0.25, 0.3) is 5.91 Å². The summed E-state index contributed by atoms with van der Waals surface area (Å²) in [6.07, 6.45) is 2.49. The Balaban J connectivity index is 2.24. The maximum absolute atomic E-state index is 11.8. The molecule has 2 rings (SSSR count). The van der Waals surface area contributed by atoms with Gasteiger partial charge in [0.2, 0.25) is 0 Å². The van der Waals surface area contributed by atoms with Crippen molar-refractivity contribution in [1.82, 2.24) is 4.98 Å². The molecule has 92 valence electrons. The molecule has 0 aliphatic carbocycles. The summed E-state index contributed by atoms with van der Waals surface area (Å²) in [5, 5.41) is 0. The molecular formula is C12H17N3O2. The van der Waals surface area contributed by atoms with Crippen molar-refractivity contribution in [3.05, 3.63) is 12.3 Å². The summed E-state index contributed by atoms with van der Waals surface area (Å²) in [4.78, 5) is 17.6. The van der Waals surface area contributed by atoms with Crippen molar-refractivity contribution in [2.24, 2.45) is 5.92 Å². The molecule has 1 aliphatic rings. The summed E-state index contributed by atoms with van der Waals surface area (Å²) in [5.41, 5.74) is 6.18. The highest BCUT2D eigenvalue weighted by molar-refractivity contribution is 5.96. The third kappa shape index (κ3) is 2.49. The van der Waals surface area contributed by atoms with Crippen LogP contribution in [-0.4, -0.2) is 24.0 Å². The van der Waals surface area contributed by atoms with E-state index >= 15 is 0 Å². The Hall–Kier alpha value is -1.78. The Bertz CT molecular complexity index is 432. The van der Waals surface area contributed by atoms with Gasteiger partial charge in [0, 0.05) is 12.6 Å². The van der Waals surface area contributed by atoms with Gasteiger partial charge in [-0.15, -0.1) is 0 Å². The van der Waals surface area contributed by atoms with Gasteiger partial charge in [0.1, 0.15) is 0 Å². The van der Waals surface area contributed by atoms with Crippen LogP contribution in [0.5, 0.6) is 5.75 Å². The van der Waals surface area contributed by atoms with Gasteiger partial charge in [-0.25, -0.2) is 4.98 Å². The highest BCUT2D eigenvalue weighted by Gasteiger charge is 2.26. The smallest absolute Gasteiger partial charge is 0.266 e. The summed E-state index contributed by atoms with van der Waals surface area (Å²) in [6.45, 7) is 4.99. The van der Waals surface area contributed by atoms with Crippen molar-refractivity contribution in [1.29, 1.82) is 0 Å². The molecule has 5 nitrogen and oxygen atoms in total. The van der Waals surface area contributed by atoms with Crippen LogP contribution in [0.15, 0.2) is 12.3 Å². The van der Waals surface area contributed by atoms with Crippen molar-refractivity contribution in [3.63, 3.8) is 0 Å². The number of hydrogen-bond acceptors (Lipinski definition) is 4. The second-order valence-electron chi connectivity index (χ2n) is 4.61. The lowest BCUT2D eigenvalue weighted by Crippen LogP contribution is -2.40. The minimum absolute atomic E-state index is 0.0459. The summed E-state index contributed by atoms with van der Waals surface area (Å²) >= 11 is 0. The number of nitrogen functional groups attached to an aromatic ring is 1. The van der Waals surface area contributed by atoms with Crippen LogP contribution in [0, 0.1) is 5.92 Å². The molecule has 5 heteroatoms. The van der Waals surface area contributed by atoms with Gasteiger partial charge in [-0.2, -0.15) is 0 Å². The Morgan fingerprint density at radius 1 is 1.59 bits per heavy atom. The number of carbonyl (C=O) groups is 1. The molecule has 1 aliphatic heterocycles. The van der Waals surface area contributed by atoms with E-state index in [1.807, 2.05) is 0 Å². The molecule has 0 unspecified atom stereocenters. The van der Waals surface area contributed by atoms with Crippen LogP contribution >= 0.6 is 0 Å². The topological polar surface area (TPSA) is 68.5 Å². The average molecular weight is 235 g/mol. The van der Waals surface area contributed by atoms with Crippen LogP contribution in [-0.2, 0) is 4.79 Å². The van der Waals surface area contributed by atoms with Crippen LogP contribution in [0.1, 0.15) is 20.3 Å². The summed E-state index contributed by atoms with van der Waals surface area (Å²) in [5.74, 6) is 1.67. The summed E-state index contributed by atoms with van der Waals surface area (Å²) < 4.78 is 5.32. The van der Waals surface area contributed by atoms with Crippen molar-refractivity contribution in [2.45, 2.75) is 20.3 Å². The molecule has 0 fully saturated rings. The van der Waals surface area contributed by atoms with E-state index in [2.05, 4.69) is 18.8 Å². The highest BCUT2D eigenvalue weighted by atomic mass is 16.5. The first-order valence-electron chi connectivity index (χ1n) is 5.76. The molecule has 0 radical (unpaired) electrons. The molecular weight excluding hydrogens is 218 g/mol. The van der Waals surface area contributed by atoms with E-state index in [9.17, 15) is 4.79 Å². The second-order valence-corrected chi connectivity index (χ2v) is 4.61. The van der Waals surface area contributed by atoms with Gasteiger partial charge in [-0.1, -0.05) is 13.8 Å². The van der Waals surface area contributed by atoms with Crippen LogP contribution in [0.3, 0.4) is 0 Å². The fraction of sp³-hybridized carbons (Fsp3) is 0.500. The quantitative estimate of drug-likeness (QED) is 0.860. The number of nitrogens with two attached hydrogens (primary N) is 1. The Labute approximate surface area is 101 Å². The van der Waals surface area contributed by atoms with E-state index in [4.69, 9.17) is 10.5 Å². The molecule has 0 spiro atoms. The van der Waals surface area contributed by atoms with Crippen LogP contribution in [0.2, 0.25) is 0 Å². The van der Waals surface area contributed by atoms with Crippen molar-refractivity contribution in [2.75, 3.05) is 23.8 Å². The Kier molecular flexibility index (Phi) is 3.17. The van der Waals surface area contributed by atoms with Gasteiger partial charge in [-0.05, 0) is 12.3 Å². The number of aromatic nitrogens is 1. The van der Waals surface area contributed by atoms with Gasteiger partial charge >= 0.3 is 0 Å². The predicted octanol–water partition coefficient (Wildman–Crippen LogP) is 1.44. The largest absolute Gasteiger partial charge is 0.480 e. The Morgan fingerprint density at radius 3 is 3.06 bits per heavy atom. The standard InChI is InChI=1S/C12H17N3O2/c1-8(2)3-4-15-11(16)7-17-10-5-9(13)6-14-12(10)15/h5-6,8H,3-4,7,13H2,1-2H3. The number of anilines is 2. The zero-order chi connectivity index (χ0) is 12.4. The third-order valence-electron chi connectivity index (χ3n) is 2.69. The van der Waals surface area contributed by atoms with Gasteiger partial charge < -0.3 is 10.5 Å². The number of fused-ring (bicyclic) bond motifs is 1. The fourth-order valence-electron chi connectivity index (χ4n) is 1.71. The fourth-order valence-corrected chi connectivity index (χ4v) is 1.71. The van der Waals surface area contributed by atoms with Gasteiger partial charge in [0.15, 0.2) is 18.2 Å². The van der Waals surface area contributed by atoms with E-state index in [1.165, 1.54) is 0 Å². The monoisotopic (exact) mass is 235 g/mol.